The first-order chi connectivity index (χ1) is 16.2. The van der Waals surface area contributed by atoms with Crippen molar-refractivity contribution in [3.05, 3.63) is 82.9 Å². The molecule has 3 aromatic heterocycles. The topological polar surface area (TPSA) is 77.1 Å². The fourth-order valence-electron chi connectivity index (χ4n) is 3.67. The highest BCUT2D eigenvalue weighted by atomic mass is 35.5. The summed E-state index contributed by atoms with van der Waals surface area (Å²) in [6.45, 7) is 0.0317. The Labute approximate surface area is 195 Å². The first-order valence-corrected chi connectivity index (χ1v) is 10.5. The maximum absolute atomic E-state index is 13.9. The van der Waals surface area contributed by atoms with Crippen LogP contribution in [0.4, 0.5) is 13.2 Å². The van der Waals surface area contributed by atoms with E-state index in [0.29, 0.717) is 20.8 Å². The summed E-state index contributed by atoms with van der Waals surface area (Å²) in [5, 5.41) is 12.6. The van der Waals surface area contributed by atoms with Crippen molar-refractivity contribution < 1.29 is 18.0 Å². The molecule has 7 nitrogen and oxygen atoms in total. The number of hydrogen-bond acceptors (Lipinski definition) is 4. The van der Waals surface area contributed by atoms with Crippen LogP contribution in [0, 0.1) is 0 Å². The Morgan fingerprint density at radius 2 is 1.85 bits per heavy atom. The molecule has 2 aromatic carbocycles. The molecule has 5 aromatic rings. The molecule has 5 rings (SSSR count). The number of carbonyl (C=O) groups excluding carboxylic acids is 1. The van der Waals surface area contributed by atoms with Crippen LogP contribution in [-0.4, -0.2) is 30.3 Å². The quantitative estimate of drug-likeness (QED) is 0.394. The zero-order valence-electron chi connectivity index (χ0n) is 17.6. The van der Waals surface area contributed by atoms with Gasteiger partial charge in [0.2, 0.25) is 0 Å². The second-order valence-corrected chi connectivity index (χ2v) is 8.04. The molecule has 34 heavy (non-hydrogen) atoms. The Bertz CT molecular complexity index is 1540. The van der Waals surface area contributed by atoms with Crippen LogP contribution in [-0.2, 0) is 19.8 Å². The fraction of sp³-hybridized carbons (Fsp3) is 0.130. The van der Waals surface area contributed by atoms with E-state index in [4.69, 9.17) is 11.6 Å². The van der Waals surface area contributed by atoms with Crippen molar-refractivity contribution in [3.63, 3.8) is 0 Å². The molecule has 3 heterocycles. The number of halogens is 4. The molecule has 172 valence electrons. The predicted octanol–water partition coefficient (Wildman–Crippen LogP) is 4.89. The average Bonchev–Trinajstić information content (AvgIpc) is 3.38. The van der Waals surface area contributed by atoms with E-state index in [0.717, 1.165) is 16.8 Å². The van der Waals surface area contributed by atoms with Crippen LogP contribution in [0.25, 0.3) is 27.7 Å². The van der Waals surface area contributed by atoms with Crippen LogP contribution >= 0.6 is 11.6 Å². The molecule has 0 spiro atoms. The Morgan fingerprint density at radius 3 is 2.56 bits per heavy atom. The third-order valence-corrected chi connectivity index (χ3v) is 5.74. The van der Waals surface area contributed by atoms with Gasteiger partial charge in [0.05, 0.1) is 29.2 Å². The van der Waals surface area contributed by atoms with Gasteiger partial charge < -0.3 is 5.32 Å². The van der Waals surface area contributed by atoms with Crippen LogP contribution < -0.4 is 5.32 Å². The molecule has 0 saturated carbocycles. The van der Waals surface area contributed by atoms with Crippen molar-refractivity contribution in [2.45, 2.75) is 12.7 Å². The highest BCUT2D eigenvalue weighted by Crippen LogP contribution is 2.33. The smallest absolute Gasteiger partial charge is 0.345 e. The molecular formula is C23H16ClF3N6O. The van der Waals surface area contributed by atoms with Gasteiger partial charge >= 0.3 is 6.18 Å². The molecule has 0 aliphatic carbocycles. The number of aromatic nitrogens is 5. The summed E-state index contributed by atoms with van der Waals surface area (Å²) >= 11 is 6.03. The number of carbonyl (C=O) groups is 1. The van der Waals surface area contributed by atoms with Crippen molar-refractivity contribution in [1.29, 1.82) is 0 Å². The summed E-state index contributed by atoms with van der Waals surface area (Å²) in [4.78, 5) is 17.0. The van der Waals surface area contributed by atoms with E-state index in [1.54, 1.807) is 19.2 Å². The standard InChI is InChI=1S/C23H16ClF3N6O/c1-32-19(16(24)11-29-32)12-28-22(34)18-10-21-30-17(9-20(23(25,26)27)33(21)31-18)15-7-6-13-4-2-3-5-14(13)8-15/h2-11H,12H2,1H3,(H,28,34). The molecule has 0 fully saturated rings. The van der Waals surface area contributed by atoms with Crippen LogP contribution in [0.15, 0.2) is 60.8 Å². The number of fused-ring (bicyclic) bond motifs is 2. The second kappa shape index (κ2) is 8.14. The normalized spacial score (nSPS) is 11.9. The number of amides is 1. The van der Waals surface area contributed by atoms with Gasteiger partial charge in [-0.15, -0.1) is 0 Å². The van der Waals surface area contributed by atoms with E-state index in [-0.39, 0.29) is 23.6 Å². The number of alkyl halides is 3. The summed E-state index contributed by atoms with van der Waals surface area (Å²) in [7, 11) is 1.66. The van der Waals surface area contributed by atoms with Crippen molar-refractivity contribution >= 4 is 33.9 Å². The lowest BCUT2D eigenvalue weighted by Crippen LogP contribution is -2.25. The molecule has 1 amide bonds. The molecule has 0 aliphatic rings. The molecule has 0 bridgehead atoms. The van der Waals surface area contributed by atoms with Crippen LogP contribution in [0.2, 0.25) is 5.02 Å². The van der Waals surface area contributed by atoms with Gasteiger partial charge in [-0.1, -0.05) is 48.0 Å². The van der Waals surface area contributed by atoms with Gasteiger partial charge in [-0.2, -0.15) is 23.4 Å². The van der Waals surface area contributed by atoms with Gasteiger partial charge in [0, 0.05) is 18.7 Å². The molecule has 0 aliphatic heterocycles. The molecule has 0 saturated heterocycles. The first-order valence-electron chi connectivity index (χ1n) is 10.1. The van der Waals surface area contributed by atoms with E-state index in [1.165, 1.54) is 16.9 Å². The number of benzene rings is 2. The Balaban J connectivity index is 1.54. The van der Waals surface area contributed by atoms with Crippen LogP contribution in [0.5, 0.6) is 0 Å². The van der Waals surface area contributed by atoms with E-state index in [9.17, 15) is 18.0 Å². The molecule has 1 N–H and O–H groups in total. The minimum Gasteiger partial charge on any atom is -0.345 e. The van der Waals surface area contributed by atoms with Gasteiger partial charge in [-0.3, -0.25) is 9.48 Å². The molecule has 0 atom stereocenters. The molecule has 0 radical (unpaired) electrons. The lowest BCUT2D eigenvalue weighted by atomic mass is 10.0. The SMILES string of the molecule is Cn1ncc(Cl)c1CNC(=O)c1cc2nc(-c3ccc4ccccc4c3)cc(C(F)(F)F)n2n1. The lowest BCUT2D eigenvalue weighted by molar-refractivity contribution is -0.142. The second-order valence-electron chi connectivity index (χ2n) is 7.63. The molecule has 0 unspecified atom stereocenters. The number of hydrogen-bond donors (Lipinski definition) is 1. The highest BCUT2D eigenvalue weighted by molar-refractivity contribution is 6.31. The third-order valence-electron chi connectivity index (χ3n) is 5.42. The highest BCUT2D eigenvalue weighted by Gasteiger charge is 2.35. The Morgan fingerprint density at radius 1 is 1.09 bits per heavy atom. The summed E-state index contributed by atoms with van der Waals surface area (Å²) in [5.74, 6) is -0.664. The maximum atomic E-state index is 13.9. The van der Waals surface area contributed by atoms with Gasteiger partial charge in [-0.05, 0) is 22.9 Å². The van der Waals surface area contributed by atoms with Crippen molar-refractivity contribution in [1.82, 2.24) is 29.7 Å². The number of aryl methyl sites for hydroxylation is 1. The third kappa shape index (κ3) is 3.96. The van der Waals surface area contributed by atoms with Gasteiger partial charge in [-0.25, -0.2) is 9.50 Å². The maximum Gasteiger partial charge on any atom is 0.433 e. The molecular weight excluding hydrogens is 469 g/mol. The van der Waals surface area contributed by atoms with E-state index >= 15 is 0 Å². The Kier molecular flexibility index (Phi) is 5.24. The minimum absolute atomic E-state index is 0.0317. The van der Waals surface area contributed by atoms with E-state index in [1.807, 2.05) is 30.3 Å². The number of nitrogens with zero attached hydrogens (tertiary/aromatic N) is 5. The Hall–Kier alpha value is -3.92. The van der Waals surface area contributed by atoms with Gasteiger partial charge in [0.15, 0.2) is 17.0 Å². The van der Waals surface area contributed by atoms with Crippen molar-refractivity contribution in [2.24, 2.45) is 7.05 Å². The summed E-state index contributed by atoms with van der Waals surface area (Å²) in [6, 6.07) is 15.0. The zero-order valence-corrected chi connectivity index (χ0v) is 18.4. The van der Waals surface area contributed by atoms with E-state index in [2.05, 4.69) is 20.5 Å². The van der Waals surface area contributed by atoms with Gasteiger partial charge in [0.25, 0.3) is 5.91 Å². The number of nitrogens with one attached hydrogen (secondary N) is 1. The van der Waals surface area contributed by atoms with Crippen LogP contribution in [0.1, 0.15) is 21.9 Å². The average molecular weight is 485 g/mol. The predicted molar refractivity (Wildman–Crippen MR) is 120 cm³/mol. The van der Waals surface area contributed by atoms with Crippen molar-refractivity contribution in [3.8, 4) is 11.3 Å². The summed E-state index contributed by atoms with van der Waals surface area (Å²) in [5.41, 5.74) is -0.140. The van der Waals surface area contributed by atoms with Gasteiger partial charge in [0.1, 0.15) is 0 Å². The van der Waals surface area contributed by atoms with Crippen molar-refractivity contribution in [2.75, 3.05) is 0 Å². The minimum atomic E-state index is -4.71. The summed E-state index contributed by atoms with van der Waals surface area (Å²) < 4.78 is 43.8. The van der Waals surface area contributed by atoms with Crippen LogP contribution in [0.3, 0.4) is 0 Å². The van der Waals surface area contributed by atoms with E-state index < -0.39 is 17.8 Å². The fourth-order valence-corrected chi connectivity index (χ4v) is 3.91. The molecule has 11 heteroatoms. The largest absolute Gasteiger partial charge is 0.433 e. The zero-order chi connectivity index (χ0) is 24.0. The first kappa shape index (κ1) is 21.9. The number of rotatable bonds is 4. The lowest BCUT2D eigenvalue weighted by Gasteiger charge is -2.11. The summed E-state index contributed by atoms with van der Waals surface area (Å²) in [6.07, 6.45) is -3.28. The monoisotopic (exact) mass is 484 g/mol.